The second-order valence-corrected chi connectivity index (χ2v) is 7.34. The summed E-state index contributed by atoms with van der Waals surface area (Å²) in [5.74, 6) is -1.43. The molecule has 7 nitrogen and oxygen atoms in total. The number of benzene rings is 2. The normalized spacial score (nSPS) is 10.8. The molecular weight excluding hydrogens is 431 g/mol. The summed E-state index contributed by atoms with van der Waals surface area (Å²) < 4.78 is 1.65. The molecule has 0 bridgehead atoms. The van der Waals surface area contributed by atoms with Crippen LogP contribution in [0.15, 0.2) is 47.3 Å². The van der Waals surface area contributed by atoms with Crippen molar-refractivity contribution in [1.82, 2.24) is 4.57 Å². The van der Waals surface area contributed by atoms with Crippen molar-refractivity contribution in [3.63, 3.8) is 0 Å². The van der Waals surface area contributed by atoms with Crippen LogP contribution in [0.5, 0.6) is 0 Å². The van der Waals surface area contributed by atoms with E-state index in [1.54, 1.807) is 42.7 Å². The summed E-state index contributed by atoms with van der Waals surface area (Å²) in [5.41, 5.74) is 0.0719. The summed E-state index contributed by atoms with van der Waals surface area (Å²) in [6, 6.07) is 10.5. The van der Waals surface area contributed by atoms with Crippen molar-refractivity contribution < 1.29 is 14.8 Å². The summed E-state index contributed by atoms with van der Waals surface area (Å²) >= 11 is 11.8. The van der Waals surface area contributed by atoms with Gasteiger partial charge in [0.1, 0.15) is 10.6 Å². The molecule has 0 fully saturated rings. The van der Waals surface area contributed by atoms with Crippen LogP contribution in [0.25, 0.3) is 22.4 Å². The molecule has 2 aromatic carbocycles. The van der Waals surface area contributed by atoms with Crippen LogP contribution in [0.3, 0.4) is 0 Å². The summed E-state index contributed by atoms with van der Waals surface area (Å²) in [6.45, 7) is 3.83. The number of carboxylic acid groups (broad SMARTS) is 1. The zero-order chi connectivity index (χ0) is 22.2. The number of rotatable bonds is 5. The van der Waals surface area contributed by atoms with E-state index in [0.29, 0.717) is 22.8 Å². The van der Waals surface area contributed by atoms with Gasteiger partial charge in [0.25, 0.3) is 5.69 Å². The Balaban J connectivity index is 2.44. The average Bonchev–Trinajstić information content (AvgIpc) is 2.69. The molecule has 154 valence electrons. The Bertz CT molecular complexity index is 1230. The van der Waals surface area contributed by atoms with E-state index in [2.05, 4.69) is 0 Å². The number of halogens is 2. The molecule has 0 aliphatic carbocycles. The number of nitro benzene ring substituents is 1. The molecule has 9 heteroatoms. The molecule has 0 radical (unpaired) electrons. The molecule has 0 unspecified atom stereocenters. The van der Waals surface area contributed by atoms with Crippen LogP contribution in [0, 0.1) is 17.0 Å². The predicted octanol–water partition coefficient (Wildman–Crippen LogP) is 5.42. The Morgan fingerprint density at radius 1 is 1.13 bits per heavy atom. The number of pyridine rings is 1. The first kappa shape index (κ1) is 21.5. The van der Waals surface area contributed by atoms with Crippen LogP contribution < -0.4 is 5.43 Å². The van der Waals surface area contributed by atoms with E-state index in [0.717, 1.165) is 0 Å². The lowest BCUT2D eigenvalue weighted by molar-refractivity contribution is -0.384. The number of nitrogens with zero attached hydrogens (tertiary/aromatic N) is 2. The van der Waals surface area contributed by atoms with Crippen LogP contribution in [0.4, 0.5) is 5.69 Å². The number of aromatic carboxylic acids is 1. The van der Waals surface area contributed by atoms with E-state index in [-0.39, 0.29) is 27.5 Å². The molecule has 0 amide bonds. The number of carbonyl (C=O) groups is 1. The van der Waals surface area contributed by atoms with E-state index < -0.39 is 21.9 Å². The lowest BCUT2D eigenvalue weighted by Gasteiger charge is -2.21. The summed E-state index contributed by atoms with van der Waals surface area (Å²) in [4.78, 5) is 36.0. The third-order valence-electron chi connectivity index (χ3n) is 4.81. The van der Waals surface area contributed by atoms with Gasteiger partial charge >= 0.3 is 5.97 Å². The Morgan fingerprint density at radius 2 is 1.73 bits per heavy atom. The lowest BCUT2D eigenvalue weighted by Crippen LogP contribution is -2.25. The molecular formula is C21H16Cl2N2O5. The van der Waals surface area contributed by atoms with Crippen LogP contribution in [-0.4, -0.2) is 20.6 Å². The van der Waals surface area contributed by atoms with Gasteiger partial charge in [0, 0.05) is 34.5 Å². The van der Waals surface area contributed by atoms with Crippen LogP contribution >= 0.6 is 23.2 Å². The number of carboxylic acids is 1. The Hall–Kier alpha value is -3.16. The highest BCUT2D eigenvalue weighted by Crippen LogP contribution is 2.34. The van der Waals surface area contributed by atoms with Gasteiger partial charge in [-0.25, -0.2) is 4.79 Å². The maximum absolute atomic E-state index is 13.3. The lowest BCUT2D eigenvalue weighted by atomic mass is 9.96. The summed E-state index contributed by atoms with van der Waals surface area (Å²) in [7, 11) is 0. The largest absolute Gasteiger partial charge is 0.477 e. The van der Waals surface area contributed by atoms with Crippen molar-refractivity contribution >= 4 is 34.9 Å². The van der Waals surface area contributed by atoms with Crippen molar-refractivity contribution in [3.05, 3.63) is 84.1 Å². The molecule has 30 heavy (non-hydrogen) atoms. The standard InChI is InChI=1S/C21H16Cl2N2O5/c1-3-24-11(2)17(12-4-7-14(22)8-5-12)20(26)18(21(27)28)19(24)13-6-9-15(23)16(10-13)25(29)30/h4-10H,3H2,1-2H3,(H,27,28). The molecule has 3 rings (SSSR count). The first-order chi connectivity index (χ1) is 14.2. The van der Waals surface area contributed by atoms with Crippen molar-refractivity contribution in [2.75, 3.05) is 0 Å². The fourth-order valence-electron chi connectivity index (χ4n) is 3.48. The SMILES string of the molecule is CCn1c(C)c(-c2ccc(Cl)cc2)c(=O)c(C(=O)O)c1-c1ccc(Cl)c([N+](=O)[O-])c1. The first-order valence-corrected chi connectivity index (χ1v) is 9.63. The second-order valence-electron chi connectivity index (χ2n) is 6.49. The van der Waals surface area contributed by atoms with Crippen LogP contribution in [0.1, 0.15) is 23.0 Å². The summed E-state index contributed by atoms with van der Waals surface area (Å²) in [5, 5.41) is 21.6. The molecule has 0 saturated carbocycles. The van der Waals surface area contributed by atoms with Gasteiger partial charge in [-0.05, 0) is 37.6 Å². The molecule has 3 aromatic rings. The van der Waals surface area contributed by atoms with Gasteiger partial charge in [0.2, 0.25) is 5.43 Å². The first-order valence-electron chi connectivity index (χ1n) is 8.88. The van der Waals surface area contributed by atoms with E-state index in [4.69, 9.17) is 23.2 Å². The fourth-order valence-corrected chi connectivity index (χ4v) is 3.80. The average molecular weight is 447 g/mol. The maximum Gasteiger partial charge on any atom is 0.341 e. The van der Waals surface area contributed by atoms with Gasteiger partial charge in [0.15, 0.2) is 0 Å². The fraction of sp³-hybridized carbons (Fsp3) is 0.143. The molecule has 1 N–H and O–H groups in total. The van der Waals surface area contributed by atoms with Gasteiger partial charge in [-0.15, -0.1) is 0 Å². The monoisotopic (exact) mass is 446 g/mol. The smallest absolute Gasteiger partial charge is 0.341 e. The number of aromatic nitrogens is 1. The number of hydrogen-bond donors (Lipinski definition) is 1. The quantitative estimate of drug-likeness (QED) is 0.415. The second kappa shape index (κ2) is 8.30. The third kappa shape index (κ3) is 3.69. The van der Waals surface area contributed by atoms with Crippen LogP contribution in [0.2, 0.25) is 10.0 Å². The van der Waals surface area contributed by atoms with Gasteiger partial charge in [-0.2, -0.15) is 0 Å². The van der Waals surface area contributed by atoms with Gasteiger partial charge in [-0.3, -0.25) is 14.9 Å². The van der Waals surface area contributed by atoms with Crippen molar-refractivity contribution in [1.29, 1.82) is 0 Å². The minimum Gasteiger partial charge on any atom is -0.477 e. The number of hydrogen-bond acceptors (Lipinski definition) is 4. The van der Waals surface area contributed by atoms with Crippen molar-refractivity contribution in [2.45, 2.75) is 20.4 Å². The molecule has 0 saturated heterocycles. The zero-order valence-electron chi connectivity index (χ0n) is 16.0. The van der Waals surface area contributed by atoms with Gasteiger partial charge in [-0.1, -0.05) is 41.4 Å². The van der Waals surface area contributed by atoms with E-state index in [1.807, 2.05) is 0 Å². The highest BCUT2D eigenvalue weighted by Gasteiger charge is 2.27. The highest BCUT2D eigenvalue weighted by atomic mass is 35.5. The molecule has 0 aliphatic heterocycles. The van der Waals surface area contributed by atoms with Gasteiger partial charge in [0.05, 0.1) is 10.6 Å². The molecule has 0 atom stereocenters. The Morgan fingerprint density at radius 3 is 2.27 bits per heavy atom. The molecule has 0 aliphatic rings. The summed E-state index contributed by atoms with van der Waals surface area (Å²) in [6.07, 6.45) is 0. The minimum atomic E-state index is -1.43. The highest BCUT2D eigenvalue weighted by molar-refractivity contribution is 6.32. The topological polar surface area (TPSA) is 102 Å². The maximum atomic E-state index is 13.3. The zero-order valence-corrected chi connectivity index (χ0v) is 17.5. The third-order valence-corrected chi connectivity index (χ3v) is 5.38. The van der Waals surface area contributed by atoms with Crippen molar-refractivity contribution in [3.8, 4) is 22.4 Å². The van der Waals surface area contributed by atoms with Gasteiger partial charge < -0.3 is 9.67 Å². The number of nitro groups is 1. The predicted molar refractivity (Wildman–Crippen MR) is 116 cm³/mol. The van der Waals surface area contributed by atoms with E-state index in [1.165, 1.54) is 18.2 Å². The van der Waals surface area contributed by atoms with Crippen LogP contribution in [-0.2, 0) is 6.54 Å². The molecule has 1 aromatic heterocycles. The minimum absolute atomic E-state index is 0.0828. The molecule has 1 heterocycles. The van der Waals surface area contributed by atoms with E-state index in [9.17, 15) is 24.8 Å². The molecule has 0 spiro atoms. The van der Waals surface area contributed by atoms with Crippen molar-refractivity contribution in [2.24, 2.45) is 0 Å². The Labute approximate surface area is 181 Å². The Kier molecular flexibility index (Phi) is 5.96. The van der Waals surface area contributed by atoms with E-state index >= 15 is 0 Å².